The molecule has 1 unspecified atom stereocenters. The molecule has 0 radical (unpaired) electrons. The van der Waals surface area contributed by atoms with E-state index in [1.165, 1.54) is 12.5 Å². The van der Waals surface area contributed by atoms with Crippen LogP contribution in [0.25, 0.3) is 0 Å². The number of nitrogens with zero attached hydrogens (tertiary/aromatic N) is 4. The molecule has 84 valence electrons. The highest BCUT2D eigenvalue weighted by Gasteiger charge is 2.11. The van der Waals surface area contributed by atoms with Gasteiger partial charge in [-0.3, -0.25) is 5.10 Å². The van der Waals surface area contributed by atoms with Crippen LogP contribution in [0.1, 0.15) is 18.8 Å². The first-order valence-electron chi connectivity index (χ1n) is 4.46. The Hall–Kier alpha value is -1.40. The van der Waals surface area contributed by atoms with Crippen LogP contribution in [-0.4, -0.2) is 25.1 Å². The molecule has 0 aliphatic heterocycles. The lowest BCUT2D eigenvalue weighted by Gasteiger charge is -2.12. The maximum Gasteiger partial charge on any atom is 0.224 e. The molecule has 8 heteroatoms. The Labute approximate surface area is 101 Å². The summed E-state index contributed by atoms with van der Waals surface area (Å²) in [4.78, 5) is 11.7. The van der Waals surface area contributed by atoms with Crippen molar-refractivity contribution in [2.45, 2.75) is 13.0 Å². The van der Waals surface area contributed by atoms with Gasteiger partial charge in [-0.1, -0.05) is 11.6 Å². The Balaban J connectivity index is 2.17. The lowest BCUT2D eigenvalue weighted by atomic mass is 10.3. The molecule has 6 nitrogen and oxygen atoms in total. The summed E-state index contributed by atoms with van der Waals surface area (Å²) in [6, 6.07) is -0.106. The third-order valence-corrected chi connectivity index (χ3v) is 2.37. The van der Waals surface area contributed by atoms with Crippen LogP contribution < -0.4 is 5.32 Å². The van der Waals surface area contributed by atoms with Crippen molar-refractivity contribution in [2.75, 3.05) is 5.32 Å². The third-order valence-electron chi connectivity index (χ3n) is 1.91. The van der Waals surface area contributed by atoms with Crippen LogP contribution in [0.2, 0.25) is 10.3 Å². The van der Waals surface area contributed by atoms with Crippen molar-refractivity contribution in [3.8, 4) is 0 Å². The smallest absolute Gasteiger partial charge is 0.224 e. The Morgan fingerprint density at radius 3 is 2.88 bits per heavy atom. The second-order valence-electron chi connectivity index (χ2n) is 3.07. The summed E-state index contributed by atoms with van der Waals surface area (Å²) in [7, 11) is 0. The van der Waals surface area contributed by atoms with E-state index in [9.17, 15) is 0 Å². The van der Waals surface area contributed by atoms with E-state index in [1.54, 1.807) is 0 Å². The molecule has 0 aromatic carbocycles. The van der Waals surface area contributed by atoms with Crippen molar-refractivity contribution in [3.63, 3.8) is 0 Å². The number of rotatable bonds is 3. The van der Waals surface area contributed by atoms with E-state index < -0.39 is 0 Å². The molecule has 2 N–H and O–H groups in total. The van der Waals surface area contributed by atoms with Crippen molar-refractivity contribution in [3.05, 3.63) is 28.7 Å². The van der Waals surface area contributed by atoms with Gasteiger partial charge in [-0.2, -0.15) is 10.1 Å². The number of nitrogens with one attached hydrogen (secondary N) is 2. The van der Waals surface area contributed by atoms with E-state index >= 15 is 0 Å². The highest BCUT2D eigenvalue weighted by atomic mass is 35.5. The van der Waals surface area contributed by atoms with E-state index in [1.807, 2.05) is 6.92 Å². The molecule has 1 atom stereocenters. The summed E-state index contributed by atoms with van der Waals surface area (Å²) in [5.41, 5.74) is 0. The largest absolute Gasteiger partial charge is 0.359 e. The Morgan fingerprint density at radius 2 is 2.19 bits per heavy atom. The number of aromatic amines is 1. The molecule has 0 spiro atoms. The zero-order valence-electron chi connectivity index (χ0n) is 8.28. The minimum absolute atomic E-state index is 0.106. The highest BCUT2D eigenvalue weighted by Crippen LogP contribution is 2.23. The summed E-state index contributed by atoms with van der Waals surface area (Å²) in [5, 5.41) is 10.1. The third kappa shape index (κ3) is 2.40. The van der Waals surface area contributed by atoms with Crippen molar-refractivity contribution < 1.29 is 0 Å². The van der Waals surface area contributed by atoms with Crippen LogP contribution >= 0.6 is 23.2 Å². The fourth-order valence-electron chi connectivity index (χ4n) is 1.14. The first kappa shape index (κ1) is 11.1. The van der Waals surface area contributed by atoms with Crippen LogP contribution in [-0.2, 0) is 0 Å². The van der Waals surface area contributed by atoms with Gasteiger partial charge < -0.3 is 5.32 Å². The highest BCUT2D eigenvalue weighted by molar-refractivity contribution is 6.33. The van der Waals surface area contributed by atoms with Gasteiger partial charge in [0.05, 0.1) is 12.2 Å². The lowest BCUT2D eigenvalue weighted by molar-refractivity contribution is 0.789. The molecule has 0 aliphatic rings. The van der Waals surface area contributed by atoms with Crippen LogP contribution in [0.5, 0.6) is 0 Å². The molecule has 0 saturated carbocycles. The van der Waals surface area contributed by atoms with Gasteiger partial charge >= 0.3 is 0 Å². The SMILES string of the molecule is CC(Nc1nc(Cl)ncc1Cl)c1ncn[nH]1. The second-order valence-corrected chi connectivity index (χ2v) is 3.82. The lowest BCUT2D eigenvalue weighted by Crippen LogP contribution is -2.10. The number of aromatic nitrogens is 5. The number of H-pyrrole nitrogens is 1. The average Bonchev–Trinajstić information content (AvgIpc) is 2.76. The van der Waals surface area contributed by atoms with Crippen LogP contribution in [0.15, 0.2) is 12.5 Å². The monoisotopic (exact) mass is 258 g/mol. The molecule has 0 fully saturated rings. The summed E-state index contributed by atoms with van der Waals surface area (Å²) in [6.45, 7) is 1.90. The maximum absolute atomic E-state index is 5.91. The summed E-state index contributed by atoms with van der Waals surface area (Å²) >= 11 is 11.6. The number of hydrogen-bond donors (Lipinski definition) is 2. The number of halogens is 2. The van der Waals surface area contributed by atoms with Crippen LogP contribution in [0.4, 0.5) is 5.82 Å². The van der Waals surface area contributed by atoms with E-state index in [0.29, 0.717) is 16.7 Å². The standard InChI is InChI=1S/C8H8Cl2N6/c1-4(6-12-3-13-16-6)14-7-5(9)2-11-8(10)15-7/h2-4H,1H3,(H,11,14,15)(H,12,13,16). The topological polar surface area (TPSA) is 79.4 Å². The Bertz CT molecular complexity index is 471. The second kappa shape index (κ2) is 4.63. The average molecular weight is 259 g/mol. The molecule has 0 bridgehead atoms. The minimum atomic E-state index is -0.106. The molecule has 0 amide bonds. The van der Waals surface area contributed by atoms with E-state index in [-0.39, 0.29) is 11.3 Å². The van der Waals surface area contributed by atoms with Crippen molar-refractivity contribution >= 4 is 29.0 Å². The Kier molecular flexibility index (Phi) is 3.21. The summed E-state index contributed by atoms with van der Waals surface area (Å²) < 4.78 is 0. The van der Waals surface area contributed by atoms with E-state index in [4.69, 9.17) is 23.2 Å². The molecule has 16 heavy (non-hydrogen) atoms. The van der Waals surface area contributed by atoms with Gasteiger partial charge in [0.25, 0.3) is 0 Å². The normalized spacial score (nSPS) is 12.4. The van der Waals surface area contributed by atoms with Gasteiger partial charge in [0.2, 0.25) is 5.28 Å². The van der Waals surface area contributed by atoms with Crippen LogP contribution in [0, 0.1) is 0 Å². The predicted octanol–water partition coefficient (Wildman–Crippen LogP) is 2.07. The maximum atomic E-state index is 5.91. The quantitative estimate of drug-likeness (QED) is 0.825. The number of anilines is 1. The van der Waals surface area contributed by atoms with Gasteiger partial charge in [-0.05, 0) is 18.5 Å². The Morgan fingerprint density at radius 1 is 1.38 bits per heavy atom. The summed E-state index contributed by atoms with van der Waals surface area (Å²) in [6.07, 6.45) is 2.87. The van der Waals surface area contributed by atoms with Gasteiger partial charge in [-0.25, -0.2) is 9.97 Å². The van der Waals surface area contributed by atoms with Crippen molar-refractivity contribution in [1.29, 1.82) is 0 Å². The van der Waals surface area contributed by atoms with Crippen molar-refractivity contribution in [2.24, 2.45) is 0 Å². The van der Waals surface area contributed by atoms with Crippen LogP contribution in [0.3, 0.4) is 0 Å². The van der Waals surface area contributed by atoms with E-state index in [0.717, 1.165) is 0 Å². The van der Waals surface area contributed by atoms with Gasteiger partial charge in [0, 0.05) is 0 Å². The molecule has 2 rings (SSSR count). The van der Waals surface area contributed by atoms with Gasteiger partial charge in [0.15, 0.2) is 0 Å². The minimum Gasteiger partial charge on any atom is -0.359 e. The first-order chi connectivity index (χ1) is 7.66. The van der Waals surface area contributed by atoms with Crippen molar-refractivity contribution in [1.82, 2.24) is 25.1 Å². The zero-order chi connectivity index (χ0) is 11.5. The molecule has 2 aromatic heterocycles. The van der Waals surface area contributed by atoms with E-state index in [2.05, 4.69) is 30.5 Å². The molecule has 0 aliphatic carbocycles. The van der Waals surface area contributed by atoms with Gasteiger partial charge in [-0.15, -0.1) is 0 Å². The predicted molar refractivity (Wildman–Crippen MR) is 60.5 cm³/mol. The molecule has 2 heterocycles. The first-order valence-corrected chi connectivity index (χ1v) is 5.22. The van der Waals surface area contributed by atoms with Gasteiger partial charge in [0.1, 0.15) is 23.0 Å². The number of hydrogen-bond acceptors (Lipinski definition) is 5. The summed E-state index contributed by atoms with van der Waals surface area (Å²) in [5.74, 6) is 1.15. The molecular formula is C8H8Cl2N6. The zero-order valence-corrected chi connectivity index (χ0v) is 9.79. The fraction of sp³-hybridized carbons (Fsp3) is 0.250. The molecule has 0 saturated heterocycles. The molecule has 2 aromatic rings. The fourth-order valence-corrected chi connectivity index (χ4v) is 1.42. The molecular weight excluding hydrogens is 251 g/mol.